The van der Waals surface area contributed by atoms with Crippen molar-refractivity contribution in [3.63, 3.8) is 0 Å². The van der Waals surface area contributed by atoms with Crippen molar-refractivity contribution in [1.82, 2.24) is 0 Å². The molecule has 0 spiro atoms. The number of hydrogen-bond donors (Lipinski definition) is 0. The average Bonchev–Trinajstić information content (AvgIpc) is 2.80. The van der Waals surface area contributed by atoms with Gasteiger partial charge in [-0.05, 0) is 34.4 Å². The first-order valence-electron chi connectivity index (χ1n) is 6.37. The molecule has 3 rings (SSSR count). The second-order valence-electron chi connectivity index (χ2n) is 4.66. The predicted octanol–water partition coefficient (Wildman–Crippen LogP) is 3.78. The smallest absolute Gasteiger partial charge is 0.346 e. The van der Waals surface area contributed by atoms with Gasteiger partial charge in [-0.2, -0.15) is 8.78 Å². The lowest BCUT2D eigenvalue weighted by Gasteiger charge is -2.14. The van der Waals surface area contributed by atoms with Crippen LogP contribution >= 0.6 is 0 Å². The number of esters is 1. The van der Waals surface area contributed by atoms with Gasteiger partial charge in [-0.15, -0.1) is 0 Å². The molecule has 0 bridgehead atoms. The van der Waals surface area contributed by atoms with Crippen LogP contribution in [0.5, 0.6) is 0 Å². The van der Waals surface area contributed by atoms with Crippen LogP contribution < -0.4 is 0 Å². The van der Waals surface area contributed by atoms with E-state index in [1.807, 2.05) is 12.1 Å². The Morgan fingerprint density at radius 2 is 1.81 bits per heavy atom. The molecule has 5 heteroatoms. The molecule has 0 saturated carbocycles. The summed E-state index contributed by atoms with van der Waals surface area (Å²) in [7, 11) is 1.30. The fraction of sp³-hybridized carbons (Fsp3) is 0.188. The SMILES string of the molecule is COC(=O)c1ccc2c(c1)-c1ccccc1C2OC(F)F. The van der Waals surface area contributed by atoms with Crippen LogP contribution in [-0.2, 0) is 9.47 Å². The number of carbonyl (C=O) groups is 1. The van der Waals surface area contributed by atoms with Crippen molar-refractivity contribution in [3.05, 3.63) is 59.2 Å². The summed E-state index contributed by atoms with van der Waals surface area (Å²) in [5.74, 6) is -0.464. The van der Waals surface area contributed by atoms with Crippen molar-refractivity contribution in [2.45, 2.75) is 12.7 Å². The molecule has 0 heterocycles. The number of halogens is 2. The molecule has 21 heavy (non-hydrogen) atoms. The van der Waals surface area contributed by atoms with E-state index in [-0.39, 0.29) is 0 Å². The van der Waals surface area contributed by atoms with Crippen molar-refractivity contribution >= 4 is 5.97 Å². The molecular weight excluding hydrogens is 278 g/mol. The predicted molar refractivity (Wildman–Crippen MR) is 72.1 cm³/mol. The Morgan fingerprint density at radius 3 is 2.52 bits per heavy atom. The van der Waals surface area contributed by atoms with Gasteiger partial charge in [0.2, 0.25) is 0 Å². The van der Waals surface area contributed by atoms with E-state index in [4.69, 9.17) is 4.74 Å². The number of rotatable bonds is 3. The van der Waals surface area contributed by atoms with Crippen molar-refractivity contribution in [2.75, 3.05) is 7.11 Å². The van der Waals surface area contributed by atoms with Crippen LogP contribution in [0.25, 0.3) is 11.1 Å². The van der Waals surface area contributed by atoms with Crippen LogP contribution in [-0.4, -0.2) is 19.7 Å². The van der Waals surface area contributed by atoms with Gasteiger partial charge < -0.3 is 9.47 Å². The van der Waals surface area contributed by atoms with Crippen LogP contribution in [0.15, 0.2) is 42.5 Å². The Morgan fingerprint density at radius 1 is 1.10 bits per heavy atom. The first kappa shape index (κ1) is 13.7. The molecule has 1 unspecified atom stereocenters. The number of fused-ring (bicyclic) bond motifs is 3. The third-order valence-corrected chi connectivity index (χ3v) is 3.53. The average molecular weight is 290 g/mol. The normalized spacial score (nSPS) is 15.7. The Kier molecular flexibility index (Phi) is 3.43. The monoisotopic (exact) mass is 290 g/mol. The van der Waals surface area contributed by atoms with E-state index in [0.29, 0.717) is 16.7 Å². The van der Waals surface area contributed by atoms with Crippen molar-refractivity contribution in [1.29, 1.82) is 0 Å². The molecule has 1 aliphatic carbocycles. The lowest BCUT2D eigenvalue weighted by Crippen LogP contribution is -2.08. The lowest BCUT2D eigenvalue weighted by molar-refractivity contribution is -0.152. The quantitative estimate of drug-likeness (QED) is 0.807. The number of carbonyl (C=O) groups excluding carboxylic acids is 1. The van der Waals surface area contributed by atoms with Crippen LogP contribution in [0, 0.1) is 0 Å². The maximum Gasteiger partial charge on any atom is 0.346 e. The first-order valence-corrected chi connectivity index (χ1v) is 6.37. The van der Waals surface area contributed by atoms with Crippen LogP contribution in [0.4, 0.5) is 8.78 Å². The Labute approximate surface area is 120 Å². The van der Waals surface area contributed by atoms with Crippen LogP contribution in [0.1, 0.15) is 27.6 Å². The van der Waals surface area contributed by atoms with Crippen LogP contribution in [0.3, 0.4) is 0 Å². The van der Waals surface area contributed by atoms with E-state index >= 15 is 0 Å². The number of alkyl halides is 2. The largest absolute Gasteiger partial charge is 0.465 e. The van der Waals surface area contributed by atoms with Crippen LogP contribution in [0.2, 0.25) is 0 Å². The minimum atomic E-state index is -2.87. The highest BCUT2D eigenvalue weighted by Crippen LogP contribution is 2.46. The number of benzene rings is 2. The molecule has 0 aromatic heterocycles. The number of ether oxygens (including phenoxy) is 2. The topological polar surface area (TPSA) is 35.5 Å². The minimum Gasteiger partial charge on any atom is -0.465 e. The van der Waals surface area contributed by atoms with Gasteiger partial charge in [0.15, 0.2) is 0 Å². The summed E-state index contributed by atoms with van der Waals surface area (Å²) in [6.45, 7) is -2.87. The standard InChI is InChI=1S/C16H12F2O3/c1-20-15(19)9-6-7-12-13(8-9)10-4-2-3-5-11(10)14(12)21-16(17)18/h2-8,14,16H,1H3. The summed E-state index contributed by atoms with van der Waals surface area (Å²) in [6, 6.07) is 12.0. The summed E-state index contributed by atoms with van der Waals surface area (Å²) < 4.78 is 34.7. The van der Waals surface area contributed by atoms with E-state index in [1.165, 1.54) is 7.11 Å². The molecule has 2 aromatic carbocycles. The molecule has 2 aromatic rings. The van der Waals surface area contributed by atoms with E-state index < -0.39 is 18.7 Å². The zero-order valence-corrected chi connectivity index (χ0v) is 11.2. The summed E-state index contributed by atoms with van der Waals surface area (Å²) in [5, 5.41) is 0. The Balaban J connectivity index is 2.13. The molecule has 3 nitrogen and oxygen atoms in total. The molecule has 108 valence electrons. The fourth-order valence-electron chi connectivity index (χ4n) is 2.65. The summed E-state index contributed by atoms with van der Waals surface area (Å²) >= 11 is 0. The molecule has 1 atom stereocenters. The van der Waals surface area contributed by atoms with Crippen molar-refractivity contribution < 1.29 is 23.0 Å². The highest BCUT2D eigenvalue weighted by atomic mass is 19.3. The lowest BCUT2D eigenvalue weighted by atomic mass is 10.0. The van der Waals surface area contributed by atoms with Gasteiger partial charge in [-0.1, -0.05) is 30.3 Å². The van der Waals surface area contributed by atoms with Crippen molar-refractivity contribution in [2.24, 2.45) is 0 Å². The van der Waals surface area contributed by atoms with E-state index in [2.05, 4.69) is 4.74 Å². The second-order valence-corrected chi connectivity index (χ2v) is 4.66. The summed E-state index contributed by atoms with van der Waals surface area (Å²) in [6.07, 6.45) is -0.817. The fourth-order valence-corrected chi connectivity index (χ4v) is 2.65. The Bertz CT molecular complexity index is 698. The Hall–Kier alpha value is -2.27. The molecule has 0 amide bonds. The molecule has 1 aliphatic rings. The van der Waals surface area contributed by atoms with E-state index in [9.17, 15) is 13.6 Å². The zero-order valence-electron chi connectivity index (χ0n) is 11.2. The third-order valence-electron chi connectivity index (χ3n) is 3.53. The van der Waals surface area contributed by atoms with Crippen molar-refractivity contribution in [3.8, 4) is 11.1 Å². The van der Waals surface area contributed by atoms with E-state index in [1.54, 1.807) is 30.3 Å². The molecule has 0 aliphatic heterocycles. The maximum absolute atomic E-state index is 12.6. The zero-order chi connectivity index (χ0) is 15.0. The first-order chi connectivity index (χ1) is 10.1. The number of methoxy groups -OCH3 is 1. The number of hydrogen-bond acceptors (Lipinski definition) is 3. The van der Waals surface area contributed by atoms with Gasteiger partial charge in [0.05, 0.1) is 12.7 Å². The molecule has 0 fully saturated rings. The maximum atomic E-state index is 12.6. The third kappa shape index (κ3) is 2.29. The van der Waals surface area contributed by atoms with Gasteiger partial charge in [-0.3, -0.25) is 0 Å². The molecular formula is C16H12F2O3. The molecule has 0 N–H and O–H groups in total. The molecule has 0 radical (unpaired) electrons. The van der Waals surface area contributed by atoms with E-state index in [0.717, 1.165) is 11.1 Å². The van der Waals surface area contributed by atoms with Gasteiger partial charge >= 0.3 is 12.6 Å². The van der Waals surface area contributed by atoms with Gasteiger partial charge in [0, 0.05) is 0 Å². The summed E-state index contributed by atoms with van der Waals surface area (Å²) in [5.41, 5.74) is 3.20. The highest BCUT2D eigenvalue weighted by Gasteiger charge is 2.31. The minimum absolute atomic E-state index is 0.378. The summed E-state index contributed by atoms with van der Waals surface area (Å²) in [4.78, 5) is 11.6. The highest BCUT2D eigenvalue weighted by molar-refractivity contribution is 5.92. The molecule has 0 saturated heterocycles. The van der Waals surface area contributed by atoms with Gasteiger partial charge in [-0.25, -0.2) is 4.79 Å². The van der Waals surface area contributed by atoms with Gasteiger partial charge in [0.25, 0.3) is 0 Å². The second kappa shape index (κ2) is 5.26. The van der Waals surface area contributed by atoms with Gasteiger partial charge in [0.1, 0.15) is 6.10 Å².